The molecule has 0 bridgehead atoms. The topological polar surface area (TPSA) is 111 Å². The number of carbonyl (C=O) groups excluding carboxylic acids is 1. The standard InChI is InChI=1S/C18H19N3O4/c1-10(2)7-13-16(22)15(18(24)21-13)17(23)20-12-5-3-11(4-6-12)14-8-19-9-25-14/h3-6,8-10,21-22,24H,7H2,1-2H3,(H,20,23). The van der Waals surface area contributed by atoms with Crippen molar-refractivity contribution in [1.29, 1.82) is 0 Å². The summed E-state index contributed by atoms with van der Waals surface area (Å²) in [5.74, 6) is -0.264. The van der Waals surface area contributed by atoms with Gasteiger partial charge >= 0.3 is 0 Å². The Labute approximate surface area is 144 Å². The minimum atomic E-state index is -0.589. The first-order valence-electron chi connectivity index (χ1n) is 7.88. The van der Waals surface area contributed by atoms with Crippen LogP contribution in [0.1, 0.15) is 29.9 Å². The van der Waals surface area contributed by atoms with Crippen LogP contribution < -0.4 is 5.32 Å². The lowest BCUT2D eigenvalue weighted by atomic mass is 10.1. The summed E-state index contributed by atoms with van der Waals surface area (Å²) in [6, 6.07) is 6.95. The number of aromatic hydroxyl groups is 2. The van der Waals surface area contributed by atoms with Gasteiger partial charge in [-0.25, -0.2) is 4.98 Å². The molecular formula is C18H19N3O4. The molecule has 0 saturated carbocycles. The molecule has 0 aliphatic rings. The zero-order valence-corrected chi connectivity index (χ0v) is 13.9. The number of hydrogen-bond donors (Lipinski definition) is 4. The molecule has 7 nitrogen and oxygen atoms in total. The van der Waals surface area contributed by atoms with Crippen LogP contribution in [0, 0.1) is 5.92 Å². The van der Waals surface area contributed by atoms with E-state index in [9.17, 15) is 15.0 Å². The van der Waals surface area contributed by atoms with Crippen LogP contribution in [0.5, 0.6) is 11.6 Å². The first-order chi connectivity index (χ1) is 12.0. The van der Waals surface area contributed by atoms with E-state index in [0.29, 0.717) is 23.6 Å². The van der Waals surface area contributed by atoms with E-state index in [4.69, 9.17) is 4.42 Å². The first kappa shape index (κ1) is 16.6. The molecule has 0 atom stereocenters. The summed E-state index contributed by atoms with van der Waals surface area (Å²) in [5.41, 5.74) is 1.63. The van der Waals surface area contributed by atoms with Crippen LogP contribution in [0.15, 0.2) is 41.3 Å². The van der Waals surface area contributed by atoms with Gasteiger partial charge in [0.15, 0.2) is 17.9 Å². The molecule has 0 aliphatic carbocycles. The molecule has 130 valence electrons. The Balaban J connectivity index is 1.77. The molecule has 4 N–H and O–H groups in total. The Hall–Kier alpha value is -3.22. The predicted octanol–water partition coefficient (Wildman–Crippen LogP) is 3.53. The summed E-state index contributed by atoms with van der Waals surface area (Å²) in [5, 5.41) is 22.8. The van der Waals surface area contributed by atoms with Crippen molar-refractivity contribution in [1.82, 2.24) is 9.97 Å². The summed E-state index contributed by atoms with van der Waals surface area (Å²) in [6.07, 6.45) is 3.47. The maximum absolute atomic E-state index is 12.4. The van der Waals surface area contributed by atoms with Gasteiger partial charge in [-0.05, 0) is 36.6 Å². The molecule has 0 fully saturated rings. The molecule has 3 rings (SSSR count). The lowest BCUT2D eigenvalue weighted by molar-refractivity contribution is 0.102. The van der Waals surface area contributed by atoms with Gasteiger partial charge in [-0.1, -0.05) is 13.8 Å². The van der Waals surface area contributed by atoms with E-state index in [-0.39, 0.29) is 23.1 Å². The number of benzene rings is 1. The van der Waals surface area contributed by atoms with Gasteiger partial charge in [0.05, 0.1) is 11.9 Å². The van der Waals surface area contributed by atoms with Crippen molar-refractivity contribution >= 4 is 11.6 Å². The number of carbonyl (C=O) groups is 1. The van der Waals surface area contributed by atoms with E-state index in [1.165, 1.54) is 6.39 Å². The van der Waals surface area contributed by atoms with Crippen LogP contribution in [0.2, 0.25) is 0 Å². The molecule has 0 aliphatic heterocycles. The molecule has 0 radical (unpaired) electrons. The number of rotatable bonds is 5. The highest BCUT2D eigenvalue weighted by Crippen LogP contribution is 2.33. The lowest BCUT2D eigenvalue weighted by Crippen LogP contribution is -2.11. The van der Waals surface area contributed by atoms with Crippen LogP contribution in [0.25, 0.3) is 11.3 Å². The van der Waals surface area contributed by atoms with E-state index < -0.39 is 5.91 Å². The van der Waals surface area contributed by atoms with Gasteiger partial charge in [-0.3, -0.25) is 4.79 Å². The number of amides is 1. The highest BCUT2D eigenvalue weighted by Gasteiger charge is 2.23. The molecule has 0 spiro atoms. The number of aromatic nitrogens is 2. The minimum Gasteiger partial charge on any atom is -0.505 e. The summed E-state index contributed by atoms with van der Waals surface area (Å²) < 4.78 is 5.21. The average molecular weight is 341 g/mol. The molecule has 0 saturated heterocycles. The molecule has 1 aromatic carbocycles. The van der Waals surface area contributed by atoms with Crippen LogP contribution in [0.3, 0.4) is 0 Å². The molecule has 7 heteroatoms. The second kappa shape index (κ2) is 6.72. The maximum atomic E-state index is 12.4. The number of nitrogens with zero attached hydrogens (tertiary/aromatic N) is 1. The number of nitrogens with one attached hydrogen (secondary N) is 2. The van der Waals surface area contributed by atoms with Crippen molar-refractivity contribution in [2.75, 3.05) is 5.32 Å². The Morgan fingerprint density at radius 3 is 2.60 bits per heavy atom. The van der Waals surface area contributed by atoms with Gasteiger partial charge in [0.25, 0.3) is 5.91 Å². The van der Waals surface area contributed by atoms with Crippen LogP contribution in [-0.4, -0.2) is 26.1 Å². The third kappa shape index (κ3) is 3.50. The van der Waals surface area contributed by atoms with Crippen LogP contribution in [-0.2, 0) is 6.42 Å². The number of aromatic amines is 1. The molecule has 2 aromatic heterocycles. The monoisotopic (exact) mass is 341 g/mol. The normalized spacial score (nSPS) is 11.0. The second-order valence-corrected chi connectivity index (χ2v) is 6.17. The average Bonchev–Trinajstić information content (AvgIpc) is 3.17. The Bertz CT molecular complexity index is 865. The smallest absolute Gasteiger partial charge is 0.264 e. The van der Waals surface area contributed by atoms with Gasteiger partial charge in [0.1, 0.15) is 5.56 Å². The van der Waals surface area contributed by atoms with Crippen molar-refractivity contribution in [3.8, 4) is 23.0 Å². The largest absolute Gasteiger partial charge is 0.505 e. The summed E-state index contributed by atoms with van der Waals surface area (Å²) in [6.45, 7) is 3.96. The third-order valence-corrected chi connectivity index (χ3v) is 3.73. The lowest BCUT2D eigenvalue weighted by Gasteiger charge is -2.06. The fourth-order valence-corrected chi connectivity index (χ4v) is 2.57. The molecule has 3 aromatic rings. The summed E-state index contributed by atoms with van der Waals surface area (Å²) >= 11 is 0. The SMILES string of the molecule is CC(C)Cc1[nH]c(O)c(C(=O)Nc2ccc(-c3cnco3)cc2)c1O. The minimum absolute atomic E-state index is 0.157. The van der Waals surface area contributed by atoms with Crippen molar-refractivity contribution in [3.05, 3.63) is 48.1 Å². The van der Waals surface area contributed by atoms with Crippen molar-refractivity contribution in [3.63, 3.8) is 0 Å². The number of H-pyrrole nitrogens is 1. The molecular weight excluding hydrogens is 322 g/mol. The molecule has 0 unspecified atom stereocenters. The Morgan fingerprint density at radius 2 is 2.00 bits per heavy atom. The molecule has 1 amide bonds. The maximum Gasteiger partial charge on any atom is 0.264 e. The van der Waals surface area contributed by atoms with E-state index in [2.05, 4.69) is 15.3 Å². The number of hydrogen-bond acceptors (Lipinski definition) is 5. The number of anilines is 1. The van der Waals surface area contributed by atoms with Crippen LogP contribution >= 0.6 is 0 Å². The van der Waals surface area contributed by atoms with E-state index in [0.717, 1.165) is 5.56 Å². The van der Waals surface area contributed by atoms with Gasteiger partial charge in [0, 0.05) is 11.3 Å². The predicted molar refractivity (Wildman–Crippen MR) is 92.6 cm³/mol. The second-order valence-electron chi connectivity index (χ2n) is 6.17. The molecule has 25 heavy (non-hydrogen) atoms. The third-order valence-electron chi connectivity index (χ3n) is 3.73. The van der Waals surface area contributed by atoms with Crippen LogP contribution in [0.4, 0.5) is 5.69 Å². The zero-order valence-electron chi connectivity index (χ0n) is 13.9. The van der Waals surface area contributed by atoms with Gasteiger partial charge in [-0.2, -0.15) is 0 Å². The van der Waals surface area contributed by atoms with Crippen molar-refractivity contribution in [2.45, 2.75) is 20.3 Å². The number of oxazole rings is 1. The van der Waals surface area contributed by atoms with E-state index >= 15 is 0 Å². The summed E-state index contributed by atoms with van der Waals surface area (Å²) in [4.78, 5) is 18.9. The highest BCUT2D eigenvalue weighted by atomic mass is 16.3. The zero-order chi connectivity index (χ0) is 18.0. The first-order valence-corrected chi connectivity index (χ1v) is 7.88. The Kier molecular flexibility index (Phi) is 4.47. The quantitative estimate of drug-likeness (QED) is 0.567. The van der Waals surface area contributed by atoms with Gasteiger partial charge < -0.3 is 24.9 Å². The summed E-state index contributed by atoms with van der Waals surface area (Å²) in [7, 11) is 0. The Morgan fingerprint density at radius 1 is 1.28 bits per heavy atom. The van der Waals surface area contributed by atoms with E-state index in [1.807, 2.05) is 13.8 Å². The fourth-order valence-electron chi connectivity index (χ4n) is 2.57. The van der Waals surface area contributed by atoms with Crippen molar-refractivity contribution in [2.24, 2.45) is 5.92 Å². The fraction of sp³-hybridized carbons (Fsp3) is 0.222. The van der Waals surface area contributed by atoms with E-state index in [1.54, 1.807) is 30.5 Å². The van der Waals surface area contributed by atoms with Gasteiger partial charge in [0.2, 0.25) is 5.88 Å². The van der Waals surface area contributed by atoms with Gasteiger partial charge in [-0.15, -0.1) is 0 Å². The van der Waals surface area contributed by atoms with Crippen molar-refractivity contribution < 1.29 is 19.4 Å². The highest BCUT2D eigenvalue weighted by molar-refractivity contribution is 6.08. The molecule has 2 heterocycles.